The average Bonchev–Trinajstić information content (AvgIpc) is 3.69. The highest BCUT2D eigenvalue weighted by Gasteiger charge is 2.49. The Labute approximate surface area is 270 Å². The van der Waals surface area contributed by atoms with Gasteiger partial charge in [-0.25, -0.2) is 4.98 Å². The minimum atomic E-state index is -0.992. The van der Waals surface area contributed by atoms with Gasteiger partial charge < -0.3 is 9.84 Å². The SMILES string of the molecule is C=CCOc1ccc(C2/C(=C(\O)c3c(C)nc4ccccn34)C(=O)C(=O)N2c2nnc(SCc3ccc(Cl)cc3Cl)s2)cc1. The van der Waals surface area contributed by atoms with Crippen molar-refractivity contribution < 1.29 is 19.4 Å². The van der Waals surface area contributed by atoms with Crippen LogP contribution in [0.2, 0.25) is 10.0 Å². The lowest BCUT2D eigenvalue weighted by atomic mass is 9.96. The second-order valence-corrected chi connectivity index (χ2v) is 12.7. The van der Waals surface area contributed by atoms with E-state index >= 15 is 0 Å². The van der Waals surface area contributed by atoms with E-state index < -0.39 is 17.7 Å². The van der Waals surface area contributed by atoms with Gasteiger partial charge in [-0.2, -0.15) is 0 Å². The van der Waals surface area contributed by atoms with Gasteiger partial charge in [0.25, 0.3) is 5.78 Å². The van der Waals surface area contributed by atoms with Crippen LogP contribution in [-0.4, -0.2) is 43.0 Å². The number of aryl methyl sites for hydroxylation is 1. The summed E-state index contributed by atoms with van der Waals surface area (Å²) in [5, 5.41) is 21.6. The fraction of sp³-hybridized carbons (Fsp3) is 0.129. The number of benzene rings is 2. The molecule has 1 aliphatic heterocycles. The lowest BCUT2D eigenvalue weighted by molar-refractivity contribution is -0.132. The number of pyridine rings is 1. The van der Waals surface area contributed by atoms with Crippen LogP contribution in [0, 0.1) is 6.92 Å². The van der Waals surface area contributed by atoms with Crippen LogP contribution >= 0.6 is 46.3 Å². The predicted octanol–water partition coefficient (Wildman–Crippen LogP) is 7.28. The summed E-state index contributed by atoms with van der Waals surface area (Å²) in [6, 6.07) is 16.6. The maximum Gasteiger partial charge on any atom is 0.301 e. The van der Waals surface area contributed by atoms with E-state index in [0.717, 1.165) is 16.9 Å². The van der Waals surface area contributed by atoms with Gasteiger partial charge in [0.1, 0.15) is 23.7 Å². The van der Waals surface area contributed by atoms with Crippen molar-refractivity contribution in [3.8, 4) is 5.75 Å². The quantitative estimate of drug-likeness (QED) is 0.0437. The van der Waals surface area contributed by atoms with Crippen LogP contribution in [0.15, 0.2) is 89.4 Å². The number of ketones is 1. The number of Topliss-reactive ketones (excluding diaryl/α,β-unsaturated/α-hetero) is 1. The Hall–Kier alpha value is -4.16. The molecule has 1 aliphatic rings. The smallest absolute Gasteiger partial charge is 0.301 e. The first-order chi connectivity index (χ1) is 21.3. The number of aliphatic hydroxyl groups is 1. The highest BCUT2D eigenvalue weighted by molar-refractivity contribution is 8.00. The molecule has 1 fully saturated rings. The number of amides is 1. The zero-order valence-corrected chi connectivity index (χ0v) is 26.3. The Balaban J connectivity index is 1.42. The third-order valence-electron chi connectivity index (χ3n) is 6.90. The van der Waals surface area contributed by atoms with Crippen molar-refractivity contribution in [3.63, 3.8) is 0 Å². The van der Waals surface area contributed by atoms with Crippen LogP contribution in [0.3, 0.4) is 0 Å². The normalized spacial score (nSPS) is 16.2. The summed E-state index contributed by atoms with van der Waals surface area (Å²) in [5.41, 5.74) is 2.76. The minimum absolute atomic E-state index is 0.0825. The number of halogens is 2. The molecule has 2 aromatic carbocycles. The van der Waals surface area contributed by atoms with E-state index in [1.165, 1.54) is 16.7 Å². The van der Waals surface area contributed by atoms with Crippen molar-refractivity contribution in [1.82, 2.24) is 19.6 Å². The van der Waals surface area contributed by atoms with Crippen LogP contribution in [0.5, 0.6) is 5.75 Å². The van der Waals surface area contributed by atoms with E-state index in [9.17, 15) is 14.7 Å². The molecule has 13 heteroatoms. The van der Waals surface area contributed by atoms with Gasteiger partial charge in [-0.1, -0.05) is 83.2 Å². The summed E-state index contributed by atoms with van der Waals surface area (Å²) < 4.78 is 7.88. The molecule has 0 radical (unpaired) electrons. The first-order valence-electron chi connectivity index (χ1n) is 13.3. The van der Waals surface area contributed by atoms with E-state index in [2.05, 4.69) is 21.8 Å². The molecule has 9 nitrogen and oxygen atoms in total. The van der Waals surface area contributed by atoms with Gasteiger partial charge in [-0.3, -0.25) is 18.9 Å². The molecule has 5 aromatic rings. The molecule has 44 heavy (non-hydrogen) atoms. The summed E-state index contributed by atoms with van der Waals surface area (Å²) in [4.78, 5) is 33.2. The van der Waals surface area contributed by atoms with Gasteiger partial charge in [0.05, 0.1) is 17.3 Å². The van der Waals surface area contributed by atoms with Gasteiger partial charge in [-0.05, 0) is 54.4 Å². The molecule has 0 bridgehead atoms. The molecular formula is C31H23Cl2N5O4S2. The first-order valence-corrected chi connectivity index (χ1v) is 15.8. The zero-order chi connectivity index (χ0) is 31.0. The standard InChI is InChI=1S/C31H23Cl2N5O4S2/c1-3-14-42-21-11-8-18(9-12-21)26-24(27(39)25-17(2)34-23-6-4-5-13-37(23)25)28(40)29(41)38(26)30-35-36-31(44-30)43-16-19-7-10-20(32)15-22(19)33/h3-13,15,26,39H,1,14,16H2,2H3/b27-24+. The van der Waals surface area contributed by atoms with E-state index in [1.54, 1.807) is 72.1 Å². The lowest BCUT2D eigenvalue weighted by Gasteiger charge is -2.22. The second kappa shape index (κ2) is 12.4. The van der Waals surface area contributed by atoms with E-state index in [-0.39, 0.29) is 16.5 Å². The number of aliphatic hydroxyl groups excluding tert-OH is 1. The number of nitrogens with zero attached hydrogens (tertiary/aromatic N) is 5. The monoisotopic (exact) mass is 663 g/mol. The summed E-state index contributed by atoms with van der Waals surface area (Å²) in [7, 11) is 0. The highest BCUT2D eigenvalue weighted by atomic mass is 35.5. The molecule has 0 saturated carbocycles. The third kappa shape index (κ3) is 5.59. The molecule has 1 N–H and O–H groups in total. The fourth-order valence-corrected chi connectivity index (χ4v) is 7.34. The van der Waals surface area contributed by atoms with Crippen molar-refractivity contribution in [3.05, 3.63) is 118 Å². The maximum atomic E-state index is 13.7. The largest absolute Gasteiger partial charge is 0.505 e. The molecule has 3 aromatic heterocycles. The van der Waals surface area contributed by atoms with Crippen LogP contribution in [-0.2, 0) is 15.3 Å². The molecule has 6 rings (SSSR count). The van der Waals surface area contributed by atoms with Gasteiger partial charge in [0.2, 0.25) is 5.13 Å². The molecule has 222 valence electrons. The zero-order valence-electron chi connectivity index (χ0n) is 23.1. The first kappa shape index (κ1) is 29.9. The number of hydrogen-bond donors (Lipinski definition) is 1. The number of ether oxygens (including phenoxy) is 1. The van der Waals surface area contributed by atoms with Crippen LogP contribution in [0.1, 0.15) is 28.6 Å². The van der Waals surface area contributed by atoms with Crippen molar-refractivity contribution >= 4 is 74.5 Å². The summed E-state index contributed by atoms with van der Waals surface area (Å²) >= 11 is 14.9. The molecule has 1 amide bonds. The van der Waals surface area contributed by atoms with Crippen LogP contribution in [0.4, 0.5) is 5.13 Å². The average molecular weight is 665 g/mol. The molecule has 4 heterocycles. The van der Waals surface area contributed by atoms with Gasteiger partial charge in [0.15, 0.2) is 10.1 Å². The highest BCUT2D eigenvalue weighted by Crippen LogP contribution is 2.45. The fourth-order valence-electron chi connectivity index (χ4n) is 4.91. The molecule has 0 spiro atoms. The van der Waals surface area contributed by atoms with Crippen molar-refractivity contribution in [2.75, 3.05) is 11.5 Å². The van der Waals surface area contributed by atoms with E-state index in [0.29, 0.717) is 55.1 Å². The maximum absolute atomic E-state index is 13.7. The van der Waals surface area contributed by atoms with E-state index in [4.69, 9.17) is 27.9 Å². The lowest BCUT2D eigenvalue weighted by Crippen LogP contribution is -2.29. The van der Waals surface area contributed by atoms with Crippen LogP contribution < -0.4 is 9.64 Å². The van der Waals surface area contributed by atoms with Gasteiger partial charge >= 0.3 is 5.91 Å². The molecule has 1 saturated heterocycles. The van der Waals surface area contributed by atoms with Gasteiger partial charge in [-0.15, -0.1) is 10.2 Å². The van der Waals surface area contributed by atoms with Crippen molar-refractivity contribution in [1.29, 1.82) is 0 Å². The number of aromatic nitrogens is 4. The predicted molar refractivity (Wildman–Crippen MR) is 173 cm³/mol. The number of hydrogen-bond acceptors (Lipinski definition) is 9. The van der Waals surface area contributed by atoms with E-state index in [1.807, 2.05) is 12.1 Å². The summed E-state index contributed by atoms with van der Waals surface area (Å²) in [6.45, 7) is 5.72. The van der Waals surface area contributed by atoms with Gasteiger partial charge in [0, 0.05) is 22.0 Å². The molecule has 1 unspecified atom stereocenters. The Morgan fingerprint density at radius 1 is 1.14 bits per heavy atom. The van der Waals surface area contributed by atoms with Crippen molar-refractivity contribution in [2.24, 2.45) is 0 Å². The molecular weight excluding hydrogens is 641 g/mol. The number of fused-ring (bicyclic) bond motifs is 1. The second-order valence-electron chi connectivity index (χ2n) is 9.69. The number of carbonyl (C=O) groups excluding carboxylic acids is 2. The Morgan fingerprint density at radius 2 is 1.93 bits per heavy atom. The summed E-state index contributed by atoms with van der Waals surface area (Å²) in [6.07, 6.45) is 3.37. The number of anilines is 1. The number of imidazole rings is 1. The number of rotatable bonds is 9. The topological polar surface area (TPSA) is 110 Å². The Morgan fingerprint density at radius 3 is 2.68 bits per heavy atom. The van der Waals surface area contributed by atoms with Crippen molar-refractivity contribution in [2.45, 2.75) is 23.1 Å². The number of thioether (sulfide) groups is 1. The molecule has 1 atom stereocenters. The number of carbonyl (C=O) groups is 2. The summed E-state index contributed by atoms with van der Waals surface area (Å²) in [5.74, 6) is -0.938. The minimum Gasteiger partial charge on any atom is -0.505 e. The Bertz CT molecular complexity index is 1950. The Kier molecular flexibility index (Phi) is 8.46. The third-order valence-corrected chi connectivity index (χ3v) is 9.60. The van der Waals surface area contributed by atoms with Crippen LogP contribution in [0.25, 0.3) is 11.4 Å². The molecule has 0 aliphatic carbocycles.